The van der Waals surface area contributed by atoms with Crippen molar-refractivity contribution in [2.45, 2.75) is 13.5 Å². The maximum absolute atomic E-state index is 13.0. The summed E-state index contributed by atoms with van der Waals surface area (Å²) < 4.78 is 6.10. The molecule has 0 fully saturated rings. The topological polar surface area (TPSA) is 91.2 Å². The van der Waals surface area contributed by atoms with Gasteiger partial charge in [-0.1, -0.05) is 60.1 Å². The molecule has 0 bridgehead atoms. The number of fused-ring (bicyclic) bond motifs is 1. The van der Waals surface area contributed by atoms with E-state index in [-0.39, 0.29) is 18.1 Å². The molecule has 0 atom stereocenters. The van der Waals surface area contributed by atoms with Crippen molar-refractivity contribution in [3.8, 4) is 11.8 Å². The summed E-state index contributed by atoms with van der Waals surface area (Å²) in [5.74, 6) is -0.229. The lowest BCUT2D eigenvalue weighted by Crippen LogP contribution is -2.13. The number of ether oxygens (including phenoxy) is 1. The molecular formula is C29H22ClN3O3. The van der Waals surface area contributed by atoms with Crippen LogP contribution in [0.15, 0.2) is 90.5 Å². The van der Waals surface area contributed by atoms with E-state index >= 15 is 0 Å². The highest BCUT2D eigenvalue weighted by Gasteiger charge is 2.14. The van der Waals surface area contributed by atoms with Gasteiger partial charge >= 0.3 is 0 Å². The Hall–Kier alpha value is -4.60. The zero-order chi connectivity index (χ0) is 25.5. The fourth-order valence-corrected chi connectivity index (χ4v) is 3.84. The van der Waals surface area contributed by atoms with E-state index in [4.69, 9.17) is 16.3 Å². The molecule has 4 aromatic carbocycles. The van der Waals surface area contributed by atoms with Gasteiger partial charge in [-0.25, -0.2) is 0 Å². The Morgan fingerprint density at radius 1 is 0.917 bits per heavy atom. The van der Waals surface area contributed by atoms with Crippen molar-refractivity contribution >= 4 is 51.6 Å². The Morgan fingerprint density at radius 3 is 2.28 bits per heavy atom. The third kappa shape index (κ3) is 5.90. The van der Waals surface area contributed by atoms with Crippen LogP contribution >= 0.6 is 11.6 Å². The predicted molar refractivity (Wildman–Crippen MR) is 143 cm³/mol. The standard InChI is InChI=1S/C29H22ClN3O3/c1-19(34)32-23-11-13-24(14-12-23)33-29(35)22(17-31)16-26-25-8-4-2-6-20(25)10-15-28(26)36-18-21-7-3-5-9-27(21)30/h2-16H,18H2,1H3,(H,32,34)(H,33,35)/b22-16+. The molecule has 0 aliphatic heterocycles. The van der Waals surface area contributed by atoms with Gasteiger partial charge in [0.15, 0.2) is 0 Å². The molecule has 4 rings (SSSR count). The third-order valence-corrected chi connectivity index (χ3v) is 5.76. The Kier molecular flexibility index (Phi) is 7.64. The van der Waals surface area contributed by atoms with E-state index in [0.29, 0.717) is 27.7 Å². The number of carbonyl (C=O) groups is 2. The second-order valence-electron chi connectivity index (χ2n) is 7.96. The minimum absolute atomic E-state index is 0.0834. The second kappa shape index (κ2) is 11.2. The van der Waals surface area contributed by atoms with Gasteiger partial charge in [0.25, 0.3) is 5.91 Å². The number of rotatable bonds is 7. The van der Waals surface area contributed by atoms with Gasteiger partial charge in [-0.3, -0.25) is 9.59 Å². The van der Waals surface area contributed by atoms with Crippen molar-refractivity contribution in [3.63, 3.8) is 0 Å². The number of carbonyl (C=O) groups excluding carboxylic acids is 2. The number of anilines is 2. The molecule has 7 heteroatoms. The quantitative estimate of drug-likeness (QED) is 0.224. The molecular weight excluding hydrogens is 474 g/mol. The normalized spacial score (nSPS) is 11.0. The number of nitrogens with one attached hydrogen (secondary N) is 2. The highest BCUT2D eigenvalue weighted by molar-refractivity contribution is 6.31. The number of halogens is 1. The van der Waals surface area contributed by atoms with Crippen molar-refractivity contribution in [1.82, 2.24) is 0 Å². The third-order valence-electron chi connectivity index (χ3n) is 5.39. The maximum Gasteiger partial charge on any atom is 0.266 e. The van der Waals surface area contributed by atoms with Crippen LogP contribution in [0.25, 0.3) is 16.8 Å². The van der Waals surface area contributed by atoms with Gasteiger partial charge in [0, 0.05) is 34.4 Å². The predicted octanol–water partition coefficient (Wildman–Crippen LogP) is 6.58. The summed E-state index contributed by atoms with van der Waals surface area (Å²) in [6.45, 7) is 1.65. The first-order chi connectivity index (χ1) is 17.4. The van der Waals surface area contributed by atoms with Crippen LogP contribution in [0.5, 0.6) is 5.75 Å². The summed E-state index contributed by atoms with van der Waals surface area (Å²) in [7, 11) is 0. The largest absolute Gasteiger partial charge is 0.488 e. The number of nitrogens with zero attached hydrogens (tertiary/aromatic N) is 1. The Labute approximate surface area is 213 Å². The Balaban J connectivity index is 1.64. The lowest BCUT2D eigenvalue weighted by molar-refractivity contribution is -0.114. The smallest absolute Gasteiger partial charge is 0.266 e. The minimum Gasteiger partial charge on any atom is -0.488 e. The maximum atomic E-state index is 13.0. The summed E-state index contributed by atoms with van der Waals surface area (Å²) in [4.78, 5) is 24.2. The highest BCUT2D eigenvalue weighted by atomic mass is 35.5. The molecule has 4 aromatic rings. The first kappa shape index (κ1) is 24.5. The molecule has 6 nitrogen and oxygen atoms in total. The first-order valence-electron chi connectivity index (χ1n) is 11.1. The lowest BCUT2D eigenvalue weighted by atomic mass is 10.0. The molecule has 0 aliphatic rings. The van der Waals surface area contributed by atoms with Crippen LogP contribution in [0.1, 0.15) is 18.1 Å². The Morgan fingerprint density at radius 2 is 1.58 bits per heavy atom. The van der Waals surface area contributed by atoms with Gasteiger partial charge in [0.05, 0.1) is 0 Å². The van der Waals surface area contributed by atoms with Crippen molar-refractivity contribution in [2.24, 2.45) is 0 Å². The molecule has 178 valence electrons. The fraction of sp³-hybridized carbons (Fsp3) is 0.0690. The number of benzene rings is 4. The molecule has 0 spiro atoms. The van der Waals surface area contributed by atoms with Crippen LogP contribution in [-0.4, -0.2) is 11.8 Å². The number of nitriles is 1. The first-order valence-corrected chi connectivity index (χ1v) is 11.5. The molecule has 0 aliphatic carbocycles. The minimum atomic E-state index is -0.560. The molecule has 2 N–H and O–H groups in total. The van der Waals surface area contributed by atoms with Crippen LogP contribution in [0.4, 0.5) is 11.4 Å². The molecule has 0 aromatic heterocycles. The van der Waals surface area contributed by atoms with E-state index in [1.807, 2.05) is 60.7 Å². The van der Waals surface area contributed by atoms with Crippen LogP contribution in [0.2, 0.25) is 5.02 Å². The summed E-state index contributed by atoms with van der Waals surface area (Å²) >= 11 is 6.28. The van der Waals surface area contributed by atoms with Gasteiger partial charge in [-0.2, -0.15) is 5.26 Å². The van der Waals surface area contributed by atoms with Crippen LogP contribution < -0.4 is 15.4 Å². The number of hydrogen-bond donors (Lipinski definition) is 2. The van der Waals surface area contributed by atoms with Gasteiger partial charge in [0.2, 0.25) is 5.91 Å². The van der Waals surface area contributed by atoms with E-state index in [2.05, 4.69) is 10.6 Å². The van der Waals surface area contributed by atoms with E-state index in [1.54, 1.807) is 30.3 Å². The van der Waals surface area contributed by atoms with Gasteiger partial charge < -0.3 is 15.4 Å². The van der Waals surface area contributed by atoms with Gasteiger partial charge in [-0.15, -0.1) is 0 Å². The van der Waals surface area contributed by atoms with Gasteiger partial charge in [-0.05, 0) is 53.2 Å². The van der Waals surface area contributed by atoms with Crippen molar-refractivity contribution < 1.29 is 14.3 Å². The average Bonchev–Trinajstić information content (AvgIpc) is 2.88. The van der Waals surface area contributed by atoms with Crippen molar-refractivity contribution in [3.05, 3.63) is 107 Å². The van der Waals surface area contributed by atoms with Crippen molar-refractivity contribution in [2.75, 3.05) is 10.6 Å². The molecule has 0 heterocycles. The zero-order valence-corrected chi connectivity index (χ0v) is 20.2. The SMILES string of the molecule is CC(=O)Nc1ccc(NC(=O)/C(C#N)=C/c2c(OCc3ccccc3Cl)ccc3ccccc23)cc1. The second-order valence-corrected chi connectivity index (χ2v) is 8.37. The van der Waals surface area contributed by atoms with Crippen LogP contribution in [0.3, 0.4) is 0 Å². The Bertz CT molecular complexity index is 1500. The van der Waals surface area contributed by atoms with E-state index < -0.39 is 5.91 Å². The fourth-order valence-electron chi connectivity index (χ4n) is 3.65. The van der Waals surface area contributed by atoms with Crippen molar-refractivity contribution in [1.29, 1.82) is 5.26 Å². The van der Waals surface area contributed by atoms with Crippen LogP contribution in [-0.2, 0) is 16.2 Å². The molecule has 2 amide bonds. The van der Waals surface area contributed by atoms with E-state index in [0.717, 1.165) is 16.3 Å². The lowest BCUT2D eigenvalue weighted by Gasteiger charge is -2.13. The molecule has 0 saturated carbocycles. The average molecular weight is 496 g/mol. The van der Waals surface area contributed by atoms with Crippen LogP contribution in [0, 0.1) is 11.3 Å². The highest BCUT2D eigenvalue weighted by Crippen LogP contribution is 2.31. The molecule has 36 heavy (non-hydrogen) atoms. The number of amides is 2. The summed E-state index contributed by atoms with van der Waals surface area (Å²) in [6.07, 6.45) is 1.53. The number of hydrogen-bond acceptors (Lipinski definition) is 4. The van der Waals surface area contributed by atoms with E-state index in [9.17, 15) is 14.9 Å². The molecule has 0 saturated heterocycles. The summed E-state index contributed by atoms with van der Waals surface area (Å²) in [6, 6.07) is 27.4. The zero-order valence-electron chi connectivity index (χ0n) is 19.4. The molecule has 0 unspecified atom stereocenters. The summed E-state index contributed by atoms with van der Waals surface area (Å²) in [5, 5.41) is 17.6. The van der Waals surface area contributed by atoms with E-state index in [1.165, 1.54) is 13.0 Å². The molecule has 0 radical (unpaired) electrons. The summed E-state index contributed by atoms with van der Waals surface area (Å²) in [5.41, 5.74) is 2.45. The van der Waals surface area contributed by atoms with Gasteiger partial charge in [0.1, 0.15) is 24.0 Å². The monoisotopic (exact) mass is 495 g/mol.